The molecular weight excluding hydrogens is 314 g/mol. The van der Waals surface area contributed by atoms with Gasteiger partial charge in [-0.05, 0) is 61.6 Å². The Balaban J connectivity index is 1.63. The van der Waals surface area contributed by atoms with E-state index in [0.29, 0.717) is 39.9 Å². The second-order valence-corrected chi connectivity index (χ2v) is 9.24. The number of sulfonamides is 1. The second kappa shape index (κ2) is 4.27. The van der Waals surface area contributed by atoms with Gasteiger partial charge in [-0.15, -0.1) is 0 Å². The van der Waals surface area contributed by atoms with Crippen molar-refractivity contribution >= 4 is 21.1 Å². The molecule has 23 heavy (non-hydrogen) atoms. The van der Waals surface area contributed by atoms with Crippen LogP contribution in [0.2, 0.25) is 0 Å². The third kappa shape index (κ3) is 1.77. The molecule has 2 heterocycles. The van der Waals surface area contributed by atoms with Crippen LogP contribution in [-0.4, -0.2) is 35.3 Å². The van der Waals surface area contributed by atoms with Crippen LogP contribution in [0.25, 0.3) is 11.0 Å². The molecular formula is C16H19N3O3S. The number of aromatic amines is 2. The first-order chi connectivity index (χ1) is 10.9. The van der Waals surface area contributed by atoms with Gasteiger partial charge in [-0.2, -0.15) is 4.31 Å². The van der Waals surface area contributed by atoms with Gasteiger partial charge in [0, 0.05) is 12.6 Å². The predicted molar refractivity (Wildman–Crippen MR) is 85.7 cm³/mol. The molecule has 0 amide bonds. The van der Waals surface area contributed by atoms with E-state index in [9.17, 15) is 13.2 Å². The van der Waals surface area contributed by atoms with Gasteiger partial charge in [-0.25, -0.2) is 13.2 Å². The number of rotatable bonds is 2. The minimum absolute atomic E-state index is 0.184. The first-order valence-corrected chi connectivity index (χ1v) is 9.62. The minimum atomic E-state index is -3.51. The number of nitrogens with zero attached hydrogens (tertiary/aromatic N) is 1. The zero-order valence-electron chi connectivity index (χ0n) is 12.9. The molecule has 0 radical (unpaired) electrons. The fourth-order valence-corrected chi connectivity index (χ4v) is 7.19. The van der Waals surface area contributed by atoms with E-state index in [1.807, 2.05) is 0 Å². The Morgan fingerprint density at radius 3 is 2.57 bits per heavy atom. The summed E-state index contributed by atoms with van der Waals surface area (Å²) in [6, 6.07) is 3.52. The fourth-order valence-electron chi connectivity index (χ4n) is 5.22. The number of aryl methyl sites for hydroxylation is 1. The summed E-state index contributed by atoms with van der Waals surface area (Å²) < 4.78 is 28.2. The van der Waals surface area contributed by atoms with Crippen molar-refractivity contribution in [2.75, 3.05) is 6.54 Å². The Bertz CT molecular complexity index is 972. The monoisotopic (exact) mass is 333 g/mol. The lowest BCUT2D eigenvalue weighted by molar-refractivity contribution is 0.338. The standard InChI is InChI=1S/C16H19N3O3S/c1-8-2-12-13(18-16(20)17-12)6-15(8)23(21,22)19-7-10-3-9-4-11(10)14(19)5-9/h2,6,9-11,14H,3-5,7H2,1H3,(H2,17,18,20). The van der Waals surface area contributed by atoms with E-state index in [-0.39, 0.29) is 11.7 Å². The van der Waals surface area contributed by atoms with E-state index in [0.717, 1.165) is 12.3 Å². The average Bonchev–Trinajstić information content (AvgIpc) is 3.16. The summed E-state index contributed by atoms with van der Waals surface area (Å²) in [6.45, 7) is 2.45. The van der Waals surface area contributed by atoms with Crippen LogP contribution in [0, 0.1) is 24.7 Å². The second-order valence-electron chi connectivity index (χ2n) is 7.38. The van der Waals surface area contributed by atoms with Crippen molar-refractivity contribution in [3.8, 4) is 0 Å². The quantitative estimate of drug-likeness (QED) is 0.875. The van der Waals surface area contributed by atoms with Crippen LogP contribution in [0.3, 0.4) is 0 Å². The number of benzene rings is 1. The summed E-state index contributed by atoms with van der Waals surface area (Å²) in [4.78, 5) is 17.1. The molecule has 1 aliphatic heterocycles. The summed E-state index contributed by atoms with van der Waals surface area (Å²) in [7, 11) is -3.51. The van der Waals surface area contributed by atoms with E-state index in [2.05, 4.69) is 9.97 Å². The van der Waals surface area contributed by atoms with Gasteiger partial charge >= 0.3 is 5.69 Å². The smallest absolute Gasteiger partial charge is 0.306 e. The highest BCUT2D eigenvalue weighted by Gasteiger charge is 2.56. The van der Waals surface area contributed by atoms with Gasteiger partial charge in [0.05, 0.1) is 15.9 Å². The van der Waals surface area contributed by atoms with Gasteiger partial charge in [-0.3, -0.25) is 0 Å². The van der Waals surface area contributed by atoms with Crippen LogP contribution < -0.4 is 5.69 Å². The van der Waals surface area contributed by atoms with Crippen molar-refractivity contribution in [2.24, 2.45) is 17.8 Å². The Morgan fingerprint density at radius 2 is 1.87 bits per heavy atom. The SMILES string of the molecule is Cc1cc2[nH]c(=O)[nH]c2cc1S(=O)(=O)N1CC2CC3CC2C1C3. The summed E-state index contributed by atoms with van der Waals surface area (Å²) in [5.74, 6) is 1.83. The Hall–Kier alpha value is -1.60. The lowest BCUT2D eigenvalue weighted by atomic mass is 9.90. The van der Waals surface area contributed by atoms with E-state index in [4.69, 9.17) is 0 Å². The van der Waals surface area contributed by atoms with Gasteiger partial charge in [0.2, 0.25) is 10.0 Å². The molecule has 1 aromatic heterocycles. The van der Waals surface area contributed by atoms with Crippen molar-refractivity contribution < 1.29 is 8.42 Å². The predicted octanol–water partition coefficient (Wildman–Crippen LogP) is 1.58. The molecule has 2 bridgehead atoms. The Kier molecular flexibility index (Phi) is 2.56. The van der Waals surface area contributed by atoms with Crippen LogP contribution >= 0.6 is 0 Å². The lowest BCUT2D eigenvalue weighted by Crippen LogP contribution is -2.36. The molecule has 1 aromatic carbocycles. The van der Waals surface area contributed by atoms with Crippen molar-refractivity contribution in [1.29, 1.82) is 0 Å². The highest BCUT2D eigenvalue weighted by molar-refractivity contribution is 7.89. The maximum Gasteiger partial charge on any atom is 0.323 e. The number of H-pyrrole nitrogens is 2. The number of hydrogen-bond acceptors (Lipinski definition) is 3. The largest absolute Gasteiger partial charge is 0.323 e. The number of nitrogens with one attached hydrogen (secondary N) is 2. The van der Waals surface area contributed by atoms with Crippen LogP contribution in [0.4, 0.5) is 0 Å². The van der Waals surface area contributed by atoms with Gasteiger partial charge in [0.15, 0.2) is 0 Å². The van der Waals surface area contributed by atoms with E-state index < -0.39 is 10.0 Å². The average molecular weight is 333 g/mol. The molecule has 0 spiro atoms. The molecule has 7 heteroatoms. The molecule has 4 unspecified atom stereocenters. The minimum Gasteiger partial charge on any atom is -0.306 e. The van der Waals surface area contributed by atoms with Crippen molar-refractivity contribution in [3.63, 3.8) is 0 Å². The number of hydrogen-bond donors (Lipinski definition) is 2. The molecule has 2 aromatic rings. The molecule has 1 saturated heterocycles. The van der Waals surface area contributed by atoms with E-state index in [1.165, 1.54) is 12.8 Å². The highest BCUT2D eigenvalue weighted by Crippen LogP contribution is 2.56. The molecule has 2 N–H and O–H groups in total. The molecule has 3 aliphatic rings. The maximum absolute atomic E-state index is 13.2. The summed E-state index contributed by atoms with van der Waals surface area (Å²) in [5.41, 5.74) is 1.56. The van der Waals surface area contributed by atoms with Gasteiger partial charge in [0.25, 0.3) is 0 Å². The number of imidazole rings is 1. The molecule has 2 saturated carbocycles. The molecule has 6 nitrogen and oxygen atoms in total. The molecule has 3 fully saturated rings. The van der Waals surface area contributed by atoms with E-state index >= 15 is 0 Å². The van der Waals surface area contributed by atoms with Crippen LogP contribution in [-0.2, 0) is 10.0 Å². The molecule has 2 aliphatic carbocycles. The summed E-state index contributed by atoms with van der Waals surface area (Å²) in [5, 5.41) is 0. The third-order valence-corrected chi connectivity index (χ3v) is 8.13. The van der Waals surface area contributed by atoms with Gasteiger partial charge < -0.3 is 9.97 Å². The topological polar surface area (TPSA) is 86.0 Å². The molecule has 5 rings (SSSR count). The van der Waals surface area contributed by atoms with Crippen LogP contribution in [0.15, 0.2) is 21.8 Å². The number of fused-ring (bicyclic) bond motifs is 2. The highest BCUT2D eigenvalue weighted by atomic mass is 32.2. The van der Waals surface area contributed by atoms with Gasteiger partial charge in [-0.1, -0.05) is 0 Å². The first kappa shape index (κ1) is 13.8. The van der Waals surface area contributed by atoms with Crippen molar-refractivity contribution in [3.05, 3.63) is 28.2 Å². The summed E-state index contributed by atoms with van der Waals surface area (Å²) >= 11 is 0. The Morgan fingerprint density at radius 1 is 1.13 bits per heavy atom. The molecule has 122 valence electrons. The van der Waals surface area contributed by atoms with Crippen molar-refractivity contribution in [2.45, 2.75) is 37.1 Å². The Labute approximate surface area is 133 Å². The zero-order valence-corrected chi connectivity index (χ0v) is 13.7. The zero-order chi connectivity index (χ0) is 15.9. The number of aromatic nitrogens is 2. The van der Waals surface area contributed by atoms with Crippen LogP contribution in [0.1, 0.15) is 24.8 Å². The first-order valence-electron chi connectivity index (χ1n) is 8.18. The van der Waals surface area contributed by atoms with Crippen molar-refractivity contribution in [1.82, 2.24) is 14.3 Å². The van der Waals surface area contributed by atoms with Crippen LogP contribution in [0.5, 0.6) is 0 Å². The van der Waals surface area contributed by atoms with Gasteiger partial charge in [0.1, 0.15) is 0 Å². The van der Waals surface area contributed by atoms with E-state index in [1.54, 1.807) is 23.4 Å². The fraction of sp³-hybridized carbons (Fsp3) is 0.562. The molecule has 4 atom stereocenters. The normalized spacial score (nSPS) is 33.1. The summed E-state index contributed by atoms with van der Waals surface area (Å²) in [6.07, 6.45) is 3.41. The third-order valence-electron chi connectivity index (χ3n) is 6.10. The maximum atomic E-state index is 13.2. The lowest BCUT2D eigenvalue weighted by Gasteiger charge is -2.24.